The van der Waals surface area contributed by atoms with E-state index < -0.39 is 23.8 Å². The molecule has 0 saturated heterocycles. The van der Waals surface area contributed by atoms with Gasteiger partial charge in [0.15, 0.2) is 0 Å². The molecule has 0 aliphatic carbocycles. The predicted octanol–water partition coefficient (Wildman–Crippen LogP) is 2.57. The van der Waals surface area contributed by atoms with Gasteiger partial charge in [0.25, 0.3) is 0 Å². The molecule has 0 aromatic carbocycles. The molecule has 17 heavy (non-hydrogen) atoms. The molecule has 0 aliphatic heterocycles. The summed E-state index contributed by atoms with van der Waals surface area (Å²) in [7, 11) is 1.31. The first-order valence-electron chi connectivity index (χ1n) is 6.10. The molecule has 4 heteroatoms. The van der Waals surface area contributed by atoms with Crippen LogP contribution in [0.5, 0.6) is 0 Å². The van der Waals surface area contributed by atoms with Crippen molar-refractivity contribution in [2.24, 2.45) is 23.7 Å². The van der Waals surface area contributed by atoms with Gasteiger partial charge in [-0.2, -0.15) is 0 Å². The zero-order valence-electron chi connectivity index (χ0n) is 11.4. The van der Waals surface area contributed by atoms with Crippen LogP contribution in [-0.2, 0) is 14.3 Å². The van der Waals surface area contributed by atoms with E-state index in [1.807, 2.05) is 27.7 Å². The molecular formula is C13H24O4. The van der Waals surface area contributed by atoms with Crippen LogP contribution in [0.3, 0.4) is 0 Å². The maximum Gasteiger partial charge on any atom is 0.309 e. The van der Waals surface area contributed by atoms with Gasteiger partial charge in [-0.05, 0) is 24.7 Å². The normalized spacial score (nSPS) is 14.8. The molecule has 0 amide bonds. The van der Waals surface area contributed by atoms with Gasteiger partial charge >= 0.3 is 11.9 Å². The second-order valence-electron chi connectivity index (χ2n) is 5.33. The van der Waals surface area contributed by atoms with E-state index >= 15 is 0 Å². The number of carbonyl (C=O) groups excluding carboxylic acids is 1. The van der Waals surface area contributed by atoms with E-state index in [-0.39, 0.29) is 11.8 Å². The van der Waals surface area contributed by atoms with Gasteiger partial charge < -0.3 is 9.84 Å². The standard InChI is InChI=1S/C13H24O4/c1-8(2)6-10(12(14)15)11(7-9(3)4)13(16)17-5/h8-11H,6-7H2,1-5H3,(H,14,15)/t10-,11+/m0/s1. The Morgan fingerprint density at radius 1 is 1.00 bits per heavy atom. The first-order valence-corrected chi connectivity index (χ1v) is 6.10. The summed E-state index contributed by atoms with van der Waals surface area (Å²) in [5.74, 6) is -1.99. The van der Waals surface area contributed by atoms with Gasteiger partial charge in [0, 0.05) is 0 Å². The van der Waals surface area contributed by atoms with Crippen molar-refractivity contribution in [2.45, 2.75) is 40.5 Å². The van der Waals surface area contributed by atoms with Crippen molar-refractivity contribution in [3.05, 3.63) is 0 Å². The van der Waals surface area contributed by atoms with Crippen molar-refractivity contribution in [1.29, 1.82) is 0 Å². The van der Waals surface area contributed by atoms with E-state index in [1.54, 1.807) is 0 Å². The van der Waals surface area contributed by atoms with Gasteiger partial charge in [0.1, 0.15) is 0 Å². The van der Waals surface area contributed by atoms with Crippen molar-refractivity contribution >= 4 is 11.9 Å². The zero-order chi connectivity index (χ0) is 13.6. The summed E-state index contributed by atoms with van der Waals surface area (Å²) >= 11 is 0. The average molecular weight is 244 g/mol. The number of esters is 1. The molecule has 0 bridgehead atoms. The Balaban J connectivity index is 4.92. The van der Waals surface area contributed by atoms with Crippen molar-refractivity contribution < 1.29 is 19.4 Å². The van der Waals surface area contributed by atoms with Gasteiger partial charge in [-0.1, -0.05) is 27.7 Å². The van der Waals surface area contributed by atoms with E-state index in [0.717, 1.165) is 0 Å². The first-order chi connectivity index (χ1) is 7.79. The highest BCUT2D eigenvalue weighted by Crippen LogP contribution is 2.27. The third kappa shape index (κ3) is 5.71. The molecule has 0 saturated carbocycles. The molecule has 0 unspecified atom stereocenters. The summed E-state index contributed by atoms with van der Waals surface area (Å²) in [6.07, 6.45) is 1.05. The Bertz CT molecular complexity index is 258. The van der Waals surface area contributed by atoms with Crippen molar-refractivity contribution in [2.75, 3.05) is 7.11 Å². The largest absolute Gasteiger partial charge is 0.481 e. The fourth-order valence-electron chi connectivity index (χ4n) is 2.03. The van der Waals surface area contributed by atoms with Crippen LogP contribution < -0.4 is 0 Å². The van der Waals surface area contributed by atoms with Crippen LogP contribution in [0.25, 0.3) is 0 Å². The Hall–Kier alpha value is -1.06. The highest BCUT2D eigenvalue weighted by molar-refractivity contribution is 5.81. The Morgan fingerprint density at radius 2 is 1.41 bits per heavy atom. The maximum absolute atomic E-state index is 11.7. The highest BCUT2D eigenvalue weighted by Gasteiger charge is 2.35. The smallest absolute Gasteiger partial charge is 0.309 e. The van der Waals surface area contributed by atoms with Crippen LogP contribution in [0, 0.1) is 23.7 Å². The lowest BCUT2D eigenvalue weighted by Crippen LogP contribution is -2.33. The van der Waals surface area contributed by atoms with Gasteiger partial charge in [0.2, 0.25) is 0 Å². The zero-order valence-corrected chi connectivity index (χ0v) is 11.4. The molecule has 0 aromatic rings. The van der Waals surface area contributed by atoms with Crippen LogP contribution >= 0.6 is 0 Å². The number of carboxylic acids is 1. The topological polar surface area (TPSA) is 63.6 Å². The third-order valence-electron chi connectivity index (χ3n) is 2.76. The van der Waals surface area contributed by atoms with Crippen LogP contribution in [0.4, 0.5) is 0 Å². The summed E-state index contributed by atoms with van der Waals surface area (Å²) in [5, 5.41) is 9.24. The molecule has 0 fully saturated rings. The van der Waals surface area contributed by atoms with E-state index in [2.05, 4.69) is 0 Å². The second kappa shape index (κ2) is 7.30. The number of hydrogen-bond acceptors (Lipinski definition) is 3. The highest BCUT2D eigenvalue weighted by atomic mass is 16.5. The summed E-state index contributed by atoms with van der Waals surface area (Å²) in [4.78, 5) is 23.0. The molecule has 0 heterocycles. The number of rotatable bonds is 7. The van der Waals surface area contributed by atoms with Crippen molar-refractivity contribution in [1.82, 2.24) is 0 Å². The number of hydrogen-bond donors (Lipinski definition) is 1. The number of carbonyl (C=O) groups is 2. The molecule has 0 aliphatic rings. The van der Waals surface area contributed by atoms with E-state index in [9.17, 15) is 14.7 Å². The van der Waals surface area contributed by atoms with Crippen LogP contribution in [0.2, 0.25) is 0 Å². The Kier molecular flexibility index (Phi) is 6.85. The SMILES string of the molecule is COC(=O)[C@H](CC(C)C)[C@H](CC(C)C)C(=O)O. The summed E-state index contributed by atoms with van der Waals surface area (Å²) < 4.78 is 4.72. The fourth-order valence-corrected chi connectivity index (χ4v) is 2.03. The molecule has 100 valence electrons. The molecule has 1 N–H and O–H groups in total. The summed E-state index contributed by atoms with van der Waals surface area (Å²) in [6, 6.07) is 0. The molecule has 0 radical (unpaired) electrons. The minimum atomic E-state index is -0.908. The lowest BCUT2D eigenvalue weighted by molar-refractivity contribution is -0.157. The van der Waals surface area contributed by atoms with Gasteiger partial charge in [-0.25, -0.2) is 0 Å². The van der Waals surface area contributed by atoms with Crippen LogP contribution in [0.15, 0.2) is 0 Å². The van der Waals surface area contributed by atoms with Crippen molar-refractivity contribution in [3.8, 4) is 0 Å². The molecule has 0 spiro atoms. The number of carboxylic acid groups (broad SMARTS) is 1. The quantitative estimate of drug-likeness (QED) is 0.699. The third-order valence-corrected chi connectivity index (χ3v) is 2.76. The molecule has 0 rings (SSSR count). The first kappa shape index (κ1) is 15.9. The average Bonchev–Trinajstić information content (AvgIpc) is 2.21. The van der Waals surface area contributed by atoms with Crippen molar-refractivity contribution in [3.63, 3.8) is 0 Å². The minimum absolute atomic E-state index is 0.246. The number of methoxy groups -OCH3 is 1. The van der Waals surface area contributed by atoms with Gasteiger partial charge in [-0.15, -0.1) is 0 Å². The van der Waals surface area contributed by atoms with E-state index in [1.165, 1.54) is 7.11 Å². The Morgan fingerprint density at radius 3 is 1.71 bits per heavy atom. The van der Waals surface area contributed by atoms with Gasteiger partial charge in [0.05, 0.1) is 18.9 Å². The molecule has 2 atom stereocenters. The fraction of sp³-hybridized carbons (Fsp3) is 0.846. The number of ether oxygens (including phenoxy) is 1. The molecular weight excluding hydrogens is 220 g/mol. The monoisotopic (exact) mass is 244 g/mol. The lowest BCUT2D eigenvalue weighted by atomic mass is 9.81. The lowest BCUT2D eigenvalue weighted by Gasteiger charge is -2.24. The maximum atomic E-state index is 11.7. The predicted molar refractivity (Wildman–Crippen MR) is 65.5 cm³/mol. The van der Waals surface area contributed by atoms with Crippen LogP contribution in [0.1, 0.15) is 40.5 Å². The van der Waals surface area contributed by atoms with Gasteiger partial charge in [-0.3, -0.25) is 9.59 Å². The summed E-state index contributed by atoms with van der Waals surface area (Å²) in [5.41, 5.74) is 0. The van der Waals surface area contributed by atoms with E-state index in [0.29, 0.717) is 12.8 Å². The second-order valence-corrected chi connectivity index (χ2v) is 5.33. The van der Waals surface area contributed by atoms with Crippen LogP contribution in [-0.4, -0.2) is 24.2 Å². The number of aliphatic carboxylic acids is 1. The minimum Gasteiger partial charge on any atom is -0.481 e. The summed E-state index contributed by atoms with van der Waals surface area (Å²) in [6.45, 7) is 7.87. The molecule has 0 aromatic heterocycles. The Labute approximate surface area is 103 Å². The van der Waals surface area contributed by atoms with E-state index in [4.69, 9.17) is 4.74 Å². The molecule has 4 nitrogen and oxygen atoms in total.